The van der Waals surface area contributed by atoms with E-state index in [0.29, 0.717) is 59.0 Å². The van der Waals surface area contributed by atoms with Crippen LogP contribution < -0.4 is 10.6 Å². The molecule has 1 unspecified atom stereocenters. The van der Waals surface area contributed by atoms with Crippen molar-refractivity contribution in [3.63, 3.8) is 0 Å². The van der Waals surface area contributed by atoms with Crippen LogP contribution in [0.25, 0.3) is 0 Å². The van der Waals surface area contributed by atoms with E-state index in [9.17, 15) is 19.2 Å². The van der Waals surface area contributed by atoms with Crippen molar-refractivity contribution in [1.82, 2.24) is 15.5 Å². The summed E-state index contributed by atoms with van der Waals surface area (Å²) < 4.78 is 22.5. The fourth-order valence-corrected chi connectivity index (χ4v) is 3.04. The average Bonchev–Trinajstić information content (AvgIpc) is 3.14. The molecular weight excluding hydrogens is 458 g/mol. The van der Waals surface area contributed by atoms with Gasteiger partial charge < -0.3 is 29.6 Å². The zero-order valence-corrected chi connectivity index (χ0v) is 21.4. The van der Waals surface area contributed by atoms with Crippen molar-refractivity contribution in [2.24, 2.45) is 0 Å². The first-order chi connectivity index (χ1) is 16.6. The Balaban J connectivity index is 1.93. The molecule has 11 nitrogen and oxygen atoms in total. The number of carbonyl (C=O) groups is 4. The lowest BCUT2D eigenvalue weighted by molar-refractivity contribution is -0.137. The normalized spacial score (nSPS) is 14.5. The predicted molar refractivity (Wildman–Crippen MR) is 128 cm³/mol. The van der Waals surface area contributed by atoms with Crippen LogP contribution in [-0.2, 0) is 38.1 Å². The maximum Gasteiger partial charge on any atom is 0.253 e. The molecule has 0 radical (unpaired) electrons. The third-order valence-corrected chi connectivity index (χ3v) is 5.29. The molecule has 0 spiro atoms. The van der Waals surface area contributed by atoms with Gasteiger partial charge in [-0.25, -0.2) is 0 Å². The summed E-state index contributed by atoms with van der Waals surface area (Å²) in [5.41, 5.74) is -0.343. The molecule has 2 N–H and O–H groups in total. The molecular formula is C24H41N3O8. The van der Waals surface area contributed by atoms with Gasteiger partial charge in [0, 0.05) is 51.7 Å². The Hall–Kier alpha value is -2.34. The van der Waals surface area contributed by atoms with E-state index in [1.165, 1.54) is 12.2 Å². The monoisotopic (exact) mass is 499 g/mol. The predicted octanol–water partition coefficient (Wildman–Crippen LogP) is 0.568. The van der Waals surface area contributed by atoms with Gasteiger partial charge >= 0.3 is 0 Å². The van der Waals surface area contributed by atoms with Gasteiger partial charge in [0.1, 0.15) is 0 Å². The van der Waals surface area contributed by atoms with Crippen LogP contribution >= 0.6 is 0 Å². The lowest BCUT2D eigenvalue weighted by Gasteiger charge is -2.26. The van der Waals surface area contributed by atoms with Gasteiger partial charge in [0.25, 0.3) is 11.8 Å². The van der Waals surface area contributed by atoms with E-state index in [2.05, 4.69) is 10.6 Å². The van der Waals surface area contributed by atoms with Gasteiger partial charge in [0.2, 0.25) is 11.8 Å². The summed E-state index contributed by atoms with van der Waals surface area (Å²) >= 11 is 0. The molecule has 11 heteroatoms. The molecule has 1 aliphatic heterocycles. The van der Waals surface area contributed by atoms with Gasteiger partial charge in [-0.3, -0.25) is 24.1 Å². The standard InChI is InChI=1S/C24H41N3O8/c1-19(5-6-20(28)25-4)34-13-10-24(2,3)35-18-17-33-16-15-32-14-11-26-21(29)9-12-27-22(30)7-8-23(27)31/h7-8,19H,5-6,9-18H2,1-4H3,(H,25,28)(H,26,29). The van der Waals surface area contributed by atoms with Crippen molar-refractivity contribution in [3.8, 4) is 0 Å². The summed E-state index contributed by atoms with van der Waals surface area (Å²) in [6, 6.07) is 0. The minimum atomic E-state index is -0.394. The first kappa shape index (κ1) is 30.7. The molecule has 0 aliphatic carbocycles. The van der Waals surface area contributed by atoms with E-state index in [0.717, 1.165) is 11.3 Å². The Morgan fingerprint density at radius 2 is 1.57 bits per heavy atom. The molecule has 0 fully saturated rings. The first-order valence-corrected chi connectivity index (χ1v) is 12.1. The fourth-order valence-electron chi connectivity index (χ4n) is 3.04. The van der Waals surface area contributed by atoms with Crippen LogP contribution in [0.15, 0.2) is 12.2 Å². The molecule has 0 aromatic carbocycles. The number of hydrogen-bond acceptors (Lipinski definition) is 8. The highest BCUT2D eigenvalue weighted by Crippen LogP contribution is 2.15. The van der Waals surface area contributed by atoms with Gasteiger partial charge in [0.15, 0.2) is 0 Å². The van der Waals surface area contributed by atoms with Crippen LogP contribution in [0.4, 0.5) is 0 Å². The van der Waals surface area contributed by atoms with Crippen molar-refractivity contribution in [2.45, 2.75) is 58.2 Å². The zero-order chi connectivity index (χ0) is 26.1. The van der Waals surface area contributed by atoms with Crippen molar-refractivity contribution in [1.29, 1.82) is 0 Å². The number of ether oxygens (including phenoxy) is 4. The van der Waals surface area contributed by atoms with Crippen molar-refractivity contribution >= 4 is 23.6 Å². The maximum absolute atomic E-state index is 11.8. The number of nitrogens with zero attached hydrogens (tertiary/aromatic N) is 1. The van der Waals surface area contributed by atoms with Crippen LogP contribution in [0.3, 0.4) is 0 Å². The van der Waals surface area contributed by atoms with Crippen molar-refractivity contribution < 1.29 is 38.1 Å². The summed E-state index contributed by atoms with van der Waals surface area (Å²) in [6.45, 7) is 8.95. The van der Waals surface area contributed by atoms with Gasteiger partial charge in [-0.15, -0.1) is 0 Å². The van der Waals surface area contributed by atoms with Crippen LogP contribution in [-0.4, -0.2) is 100 Å². The topological polar surface area (TPSA) is 132 Å². The number of carbonyl (C=O) groups excluding carboxylic acids is 4. The quantitative estimate of drug-likeness (QED) is 0.184. The van der Waals surface area contributed by atoms with Crippen LogP contribution in [0.1, 0.15) is 46.5 Å². The van der Waals surface area contributed by atoms with Crippen LogP contribution in [0, 0.1) is 0 Å². The third-order valence-electron chi connectivity index (χ3n) is 5.29. The van der Waals surface area contributed by atoms with E-state index in [1.807, 2.05) is 20.8 Å². The molecule has 0 saturated carbocycles. The molecule has 1 atom stereocenters. The Morgan fingerprint density at radius 3 is 2.23 bits per heavy atom. The summed E-state index contributed by atoms with van der Waals surface area (Å²) in [5, 5.41) is 5.28. The number of amides is 4. The first-order valence-electron chi connectivity index (χ1n) is 12.1. The van der Waals surface area contributed by atoms with E-state index in [1.54, 1.807) is 7.05 Å². The molecule has 0 bridgehead atoms. The second-order valence-corrected chi connectivity index (χ2v) is 8.74. The lowest BCUT2D eigenvalue weighted by Crippen LogP contribution is -2.35. The summed E-state index contributed by atoms with van der Waals surface area (Å²) in [6.07, 6.45) is 4.33. The number of hydrogen-bond donors (Lipinski definition) is 2. The van der Waals surface area contributed by atoms with Gasteiger partial charge in [-0.05, 0) is 33.6 Å². The molecule has 0 aromatic rings. The van der Waals surface area contributed by atoms with E-state index in [4.69, 9.17) is 18.9 Å². The SMILES string of the molecule is CNC(=O)CCC(C)OCCC(C)(C)OCCOCCOCCNC(=O)CCN1C(=O)C=CC1=O. The van der Waals surface area contributed by atoms with E-state index in [-0.39, 0.29) is 36.5 Å². The summed E-state index contributed by atoms with van der Waals surface area (Å²) in [7, 11) is 1.63. The third kappa shape index (κ3) is 14.6. The highest BCUT2D eigenvalue weighted by atomic mass is 16.6. The Bertz CT molecular complexity index is 693. The minimum absolute atomic E-state index is 0.0157. The minimum Gasteiger partial charge on any atom is -0.378 e. The second-order valence-electron chi connectivity index (χ2n) is 8.74. The molecule has 1 heterocycles. The summed E-state index contributed by atoms with van der Waals surface area (Å²) in [4.78, 5) is 46.9. The second kappa shape index (κ2) is 17.1. The molecule has 200 valence electrons. The van der Waals surface area contributed by atoms with E-state index < -0.39 is 11.8 Å². The van der Waals surface area contributed by atoms with Gasteiger partial charge in [0.05, 0.1) is 44.7 Å². The highest BCUT2D eigenvalue weighted by Gasteiger charge is 2.23. The Labute approximate surface area is 207 Å². The number of imide groups is 1. The van der Waals surface area contributed by atoms with Crippen LogP contribution in [0.5, 0.6) is 0 Å². The molecule has 35 heavy (non-hydrogen) atoms. The number of nitrogens with one attached hydrogen (secondary N) is 2. The lowest BCUT2D eigenvalue weighted by atomic mass is 10.1. The van der Waals surface area contributed by atoms with E-state index >= 15 is 0 Å². The van der Waals surface area contributed by atoms with Crippen molar-refractivity contribution in [2.75, 3.05) is 59.8 Å². The largest absolute Gasteiger partial charge is 0.378 e. The Kier molecular flexibility index (Phi) is 15.0. The fraction of sp³-hybridized carbons (Fsp3) is 0.750. The zero-order valence-electron chi connectivity index (χ0n) is 21.4. The summed E-state index contributed by atoms with van der Waals surface area (Å²) in [5.74, 6) is -1.02. The highest BCUT2D eigenvalue weighted by molar-refractivity contribution is 6.13. The smallest absolute Gasteiger partial charge is 0.253 e. The van der Waals surface area contributed by atoms with Crippen LogP contribution in [0.2, 0.25) is 0 Å². The average molecular weight is 500 g/mol. The van der Waals surface area contributed by atoms with Gasteiger partial charge in [-0.1, -0.05) is 0 Å². The molecule has 0 aromatic heterocycles. The maximum atomic E-state index is 11.8. The molecule has 4 amide bonds. The number of rotatable bonds is 20. The van der Waals surface area contributed by atoms with Crippen molar-refractivity contribution in [3.05, 3.63) is 12.2 Å². The molecule has 1 aliphatic rings. The van der Waals surface area contributed by atoms with Gasteiger partial charge in [-0.2, -0.15) is 0 Å². The molecule has 1 rings (SSSR count). The Morgan fingerprint density at radius 1 is 0.943 bits per heavy atom. The molecule has 0 saturated heterocycles.